The van der Waals surface area contributed by atoms with Gasteiger partial charge in [-0.15, -0.1) is 0 Å². The third kappa shape index (κ3) is 1.48. The predicted molar refractivity (Wildman–Crippen MR) is 78.5 cm³/mol. The van der Waals surface area contributed by atoms with Crippen LogP contribution < -0.4 is 0 Å². The summed E-state index contributed by atoms with van der Waals surface area (Å²) in [7, 11) is 0. The van der Waals surface area contributed by atoms with Crippen LogP contribution in [-0.4, -0.2) is 5.11 Å². The molecular formula is C18H14O. The van der Waals surface area contributed by atoms with E-state index < -0.39 is 0 Å². The molecule has 3 aromatic carbocycles. The average Bonchev–Trinajstić information content (AvgIpc) is 2.47. The minimum absolute atomic E-state index is 0.381. The number of aryl methyl sites for hydroxylation is 2. The maximum atomic E-state index is 10.3. The van der Waals surface area contributed by atoms with E-state index in [0.29, 0.717) is 5.75 Å². The van der Waals surface area contributed by atoms with E-state index in [-0.39, 0.29) is 0 Å². The van der Waals surface area contributed by atoms with Crippen LogP contribution in [0.2, 0.25) is 0 Å². The number of benzene rings is 3. The molecule has 0 saturated carbocycles. The van der Waals surface area contributed by atoms with Gasteiger partial charge < -0.3 is 5.11 Å². The molecule has 0 bridgehead atoms. The van der Waals surface area contributed by atoms with E-state index in [1.54, 1.807) is 0 Å². The zero-order valence-corrected chi connectivity index (χ0v) is 10.6. The van der Waals surface area contributed by atoms with Gasteiger partial charge in [0.25, 0.3) is 0 Å². The van der Waals surface area contributed by atoms with Crippen LogP contribution in [0.3, 0.4) is 0 Å². The van der Waals surface area contributed by atoms with E-state index in [2.05, 4.69) is 30.3 Å². The number of phenolic OH excluding ortho intramolecular Hbond substituents is 1. The van der Waals surface area contributed by atoms with Crippen molar-refractivity contribution in [3.63, 3.8) is 0 Å². The number of rotatable bonds is 0. The summed E-state index contributed by atoms with van der Waals surface area (Å²) in [6.45, 7) is 0. The van der Waals surface area contributed by atoms with Gasteiger partial charge >= 0.3 is 0 Å². The Morgan fingerprint density at radius 3 is 2.37 bits per heavy atom. The fourth-order valence-electron chi connectivity index (χ4n) is 3.19. The minimum atomic E-state index is 0.381. The van der Waals surface area contributed by atoms with Crippen LogP contribution in [0.1, 0.15) is 11.1 Å². The lowest BCUT2D eigenvalue weighted by molar-refractivity contribution is 0.481. The van der Waals surface area contributed by atoms with Gasteiger partial charge in [0, 0.05) is 5.39 Å². The average molecular weight is 246 g/mol. The van der Waals surface area contributed by atoms with Gasteiger partial charge in [0.15, 0.2) is 0 Å². The molecule has 1 aliphatic rings. The summed E-state index contributed by atoms with van der Waals surface area (Å²) in [6.07, 6.45) is 2.13. The molecule has 1 N–H and O–H groups in total. The molecule has 0 heterocycles. The maximum Gasteiger partial charge on any atom is 0.124 e. The molecular weight excluding hydrogens is 232 g/mol. The predicted octanol–water partition coefficient (Wildman–Crippen LogP) is 4.31. The standard InChI is InChI=1S/C18H14O/c19-18-11-17-13-6-2-1-5-12(13)9-10-15(17)14-7-3-4-8-16(14)18/h1-8,11,19H,9-10H2. The summed E-state index contributed by atoms with van der Waals surface area (Å²) in [4.78, 5) is 0. The third-order valence-electron chi connectivity index (χ3n) is 4.09. The van der Waals surface area contributed by atoms with Gasteiger partial charge in [-0.3, -0.25) is 0 Å². The molecule has 3 aromatic rings. The second kappa shape index (κ2) is 3.86. The monoisotopic (exact) mass is 246 g/mol. The van der Waals surface area contributed by atoms with Crippen molar-refractivity contribution in [2.24, 2.45) is 0 Å². The summed E-state index contributed by atoms with van der Waals surface area (Å²) in [5.41, 5.74) is 5.21. The first kappa shape index (κ1) is 10.6. The Balaban J connectivity index is 2.13. The summed E-state index contributed by atoms with van der Waals surface area (Å²) >= 11 is 0. The van der Waals surface area contributed by atoms with E-state index in [4.69, 9.17) is 0 Å². The van der Waals surface area contributed by atoms with E-state index in [0.717, 1.165) is 18.2 Å². The van der Waals surface area contributed by atoms with E-state index in [1.807, 2.05) is 24.3 Å². The van der Waals surface area contributed by atoms with Crippen molar-refractivity contribution < 1.29 is 5.11 Å². The van der Waals surface area contributed by atoms with Crippen molar-refractivity contribution in [1.82, 2.24) is 0 Å². The van der Waals surface area contributed by atoms with Crippen LogP contribution in [0.5, 0.6) is 5.75 Å². The molecule has 4 rings (SSSR count). The molecule has 1 nitrogen and oxygen atoms in total. The fraction of sp³-hybridized carbons (Fsp3) is 0.111. The van der Waals surface area contributed by atoms with Gasteiger partial charge in [-0.05, 0) is 46.5 Å². The lowest BCUT2D eigenvalue weighted by Gasteiger charge is -2.22. The molecule has 92 valence electrons. The molecule has 19 heavy (non-hydrogen) atoms. The van der Waals surface area contributed by atoms with Crippen LogP contribution >= 0.6 is 0 Å². The zero-order valence-electron chi connectivity index (χ0n) is 10.6. The van der Waals surface area contributed by atoms with Gasteiger partial charge in [0.2, 0.25) is 0 Å². The van der Waals surface area contributed by atoms with E-state index in [9.17, 15) is 5.11 Å². The summed E-state index contributed by atoms with van der Waals surface area (Å²) < 4.78 is 0. The van der Waals surface area contributed by atoms with Gasteiger partial charge in [-0.25, -0.2) is 0 Å². The quantitative estimate of drug-likeness (QED) is 0.626. The summed E-state index contributed by atoms with van der Waals surface area (Å²) in [5, 5.41) is 12.4. The Kier molecular flexibility index (Phi) is 2.16. The Bertz CT molecular complexity index is 787. The molecule has 1 aliphatic carbocycles. The minimum Gasteiger partial charge on any atom is -0.507 e. The Hall–Kier alpha value is -2.28. The Morgan fingerprint density at radius 2 is 1.47 bits per heavy atom. The molecule has 0 aliphatic heterocycles. The lowest BCUT2D eigenvalue weighted by Crippen LogP contribution is -2.04. The highest BCUT2D eigenvalue weighted by Gasteiger charge is 2.19. The van der Waals surface area contributed by atoms with Crippen LogP contribution in [-0.2, 0) is 12.8 Å². The van der Waals surface area contributed by atoms with Crippen molar-refractivity contribution in [3.05, 3.63) is 65.7 Å². The van der Waals surface area contributed by atoms with Crippen molar-refractivity contribution in [1.29, 1.82) is 0 Å². The molecule has 0 atom stereocenters. The molecule has 0 fully saturated rings. The molecule has 0 amide bonds. The Morgan fingerprint density at radius 1 is 0.737 bits per heavy atom. The summed E-state index contributed by atoms with van der Waals surface area (Å²) in [6, 6.07) is 18.5. The van der Waals surface area contributed by atoms with Crippen LogP contribution in [0.25, 0.3) is 21.9 Å². The highest BCUT2D eigenvalue weighted by molar-refractivity contribution is 5.97. The number of hydrogen-bond donors (Lipinski definition) is 1. The molecule has 1 heteroatoms. The van der Waals surface area contributed by atoms with E-state index in [1.165, 1.54) is 27.6 Å². The second-order valence-electron chi connectivity index (χ2n) is 5.12. The normalized spacial score (nSPS) is 13.1. The third-order valence-corrected chi connectivity index (χ3v) is 4.09. The second-order valence-corrected chi connectivity index (χ2v) is 5.12. The van der Waals surface area contributed by atoms with Crippen molar-refractivity contribution in [2.75, 3.05) is 0 Å². The van der Waals surface area contributed by atoms with Gasteiger partial charge in [-0.2, -0.15) is 0 Å². The van der Waals surface area contributed by atoms with Crippen molar-refractivity contribution >= 4 is 10.8 Å². The SMILES string of the molecule is Oc1cc2c(c3ccccc13)CCc1ccccc1-2. The molecule has 0 spiro atoms. The largest absolute Gasteiger partial charge is 0.507 e. The highest BCUT2D eigenvalue weighted by atomic mass is 16.3. The first-order chi connectivity index (χ1) is 9.34. The van der Waals surface area contributed by atoms with Crippen LogP contribution in [0, 0.1) is 0 Å². The van der Waals surface area contributed by atoms with Crippen LogP contribution in [0.4, 0.5) is 0 Å². The van der Waals surface area contributed by atoms with E-state index >= 15 is 0 Å². The molecule has 0 unspecified atom stereocenters. The number of phenols is 1. The first-order valence-electron chi connectivity index (χ1n) is 6.66. The van der Waals surface area contributed by atoms with Crippen molar-refractivity contribution in [2.45, 2.75) is 12.8 Å². The zero-order chi connectivity index (χ0) is 12.8. The lowest BCUT2D eigenvalue weighted by atomic mass is 9.83. The summed E-state index contributed by atoms with van der Waals surface area (Å²) in [5.74, 6) is 0.381. The number of hydrogen-bond acceptors (Lipinski definition) is 1. The van der Waals surface area contributed by atoms with Gasteiger partial charge in [0.05, 0.1) is 0 Å². The topological polar surface area (TPSA) is 20.2 Å². The Labute approximate surface area is 112 Å². The van der Waals surface area contributed by atoms with Gasteiger partial charge in [-0.1, -0.05) is 48.5 Å². The number of fused-ring (bicyclic) bond motifs is 5. The highest BCUT2D eigenvalue weighted by Crippen LogP contribution is 2.40. The van der Waals surface area contributed by atoms with Gasteiger partial charge in [0.1, 0.15) is 5.75 Å². The molecule has 0 saturated heterocycles. The maximum absolute atomic E-state index is 10.3. The van der Waals surface area contributed by atoms with Crippen LogP contribution in [0.15, 0.2) is 54.6 Å². The molecule has 0 radical (unpaired) electrons. The van der Waals surface area contributed by atoms with Crippen molar-refractivity contribution in [3.8, 4) is 16.9 Å². The first-order valence-corrected chi connectivity index (χ1v) is 6.66. The number of aromatic hydroxyl groups is 1. The fourth-order valence-corrected chi connectivity index (χ4v) is 3.19. The smallest absolute Gasteiger partial charge is 0.124 e. The molecule has 0 aromatic heterocycles.